The van der Waals surface area contributed by atoms with Crippen LogP contribution in [0.5, 0.6) is 0 Å². The van der Waals surface area contributed by atoms with Crippen LogP contribution in [-0.4, -0.2) is 43.9 Å². The molecule has 1 unspecified atom stereocenters. The van der Waals surface area contributed by atoms with Crippen LogP contribution in [0, 0.1) is 5.92 Å². The predicted molar refractivity (Wildman–Crippen MR) is 67.3 cm³/mol. The first-order valence-electron chi connectivity index (χ1n) is 6.36. The van der Waals surface area contributed by atoms with Crippen molar-refractivity contribution in [2.24, 2.45) is 5.92 Å². The highest BCUT2D eigenvalue weighted by atomic mass is 19.4. The van der Waals surface area contributed by atoms with E-state index >= 15 is 0 Å². The monoisotopic (exact) mass is 352 g/mol. The van der Waals surface area contributed by atoms with Gasteiger partial charge in [0.2, 0.25) is 0 Å². The Labute approximate surface area is 129 Å². The van der Waals surface area contributed by atoms with Crippen molar-refractivity contribution in [1.29, 1.82) is 0 Å². The van der Waals surface area contributed by atoms with E-state index < -0.39 is 42.7 Å². The molecule has 0 bridgehead atoms. The Kier molecular flexibility index (Phi) is 7.10. The van der Waals surface area contributed by atoms with Crippen LogP contribution in [0.15, 0.2) is 12.2 Å². The lowest BCUT2D eigenvalue weighted by Gasteiger charge is -2.39. The summed E-state index contributed by atoms with van der Waals surface area (Å²) >= 11 is 0. The first kappa shape index (κ1) is 21.7. The van der Waals surface area contributed by atoms with Crippen LogP contribution in [0.25, 0.3) is 0 Å². The van der Waals surface area contributed by atoms with Gasteiger partial charge in [-0.3, -0.25) is 0 Å². The first-order valence-corrected chi connectivity index (χ1v) is 6.36. The van der Waals surface area contributed by atoms with Gasteiger partial charge in [0, 0.05) is 18.6 Å². The van der Waals surface area contributed by atoms with E-state index in [4.69, 9.17) is 0 Å². The topological polar surface area (TPSA) is 44.8 Å². The lowest BCUT2D eigenvalue weighted by Crippen LogP contribution is -2.63. The van der Waals surface area contributed by atoms with Crippen molar-refractivity contribution < 1.29 is 45.3 Å². The van der Waals surface area contributed by atoms with Gasteiger partial charge < -0.3 is 14.2 Å². The summed E-state index contributed by atoms with van der Waals surface area (Å²) < 4.78 is 91.9. The number of carbonyl (C=O) groups is 1. The standard InChI is InChI=1S/C13H18F6O4/c1-7(2)9(20)22-6-11(12(14,15)16,13(17,18)19)23-10(21-5)8(3)4/h8,10H,1,6H2,2-5H3. The summed E-state index contributed by atoms with van der Waals surface area (Å²) in [4.78, 5) is 11.2. The third kappa shape index (κ3) is 5.10. The van der Waals surface area contributed by atoms with E-state index in [9.17, 15) is 31.1 Å². The van der Waals surface area contributed by atoms with Gasteiger partial charge in [0.25, 0.3) is 5.60 Å². The summed E-state index contributed by atoms with van der Waals surface area (Å²) in [5, 5.41) is 0. The van der Waals surface area contributed by atoms with E-state index in [0.717, 1.165) is 14.0 Å². The van der Waals surface area contributed by atoms with Crippen LogP contribution in [0.4, 0.5) is 26.3 Å². The minimum Gasteiger partial charge on any atom is -0.459 e. The first-order chi connectivity index (χ1) is 10.2. The highest BCUT2D eigenvalue weighted by molar-refractivity contribution is 5.86. The summed E-state index contributed by atoms with van der Waals surface area (Å²) in [6.07, 6.45) is -13.6. The Morgan fingerprint density at radius 3 is 1.78 bits per heavy atom. The van der Waals surface area contributed by atoms with Gasteiger partial charge in [0.05, 0.1) is 0 Å². The zero-order valence-corrected chi connectivity index (χ0v) is 13.0. The summed E-state index contributed by atoms with van der Waals surface area (Å²) in [5.74, 6) is -2.22. The molecule has 0 fully saturated rings. The van der Waals surface area contributed by atoms with Crippen LogP contribution < -0.4 is 0 Å². The number of methoxy groups -OCH3 is 1. The molecule has 0 amide bonds. The van der Waals surface area contributed by atoms with E-state index in [0.29, 0.717) is 0 Å². The average molecular weight is 352 g/mol. The fourth-order valence-corrected chi connectivity index (χ4v) is 1.44. The molecule has 1 atom stereocenters. The van der Waals surface area contributed by atoms with Crippen molar-refractivity contribution in [3.05, 3.63) is 12.2 Å². The van der Waals surface area contributed by atoms with Gasteiger partial charge in [-0.05, 0) is 6.92 Å². The van der Waals surface area contributed by atoms with Gasteiger partial charge in [-0.25, -0.2) is 4.79 Å². The average Bonchev–Trinajstić information content (AvgIpc) is 2.34. The molecule has 0 aliphatic carbocycles. The van der Waals surface area contributed by atoms with E-state index in [-0.39, 0.29) is 5.57 Å². The molecule has 0 saturated carbocycles. The second kappa shape index (κ2) is 7.52. The number of hydrogen-bond donors (Lipinski definition) is 0. The van der Waals surface area contributed by atoms with Crippen LogP contribution in [0.2, 0.25) is 0 Å². The molecule has 0 aromatic heterocycles. The third-order valence-corrected chi connectivity index (χ3v) is 2.76. The Morgan fingerprint density at radius 2 is 1.52 bits per heavy atom. The molecule has 0 N–H and O–H groups in total. The Hall–Kier alpha value is -1.29. The molecular weight excluding hydrogens is 334 g/mol. The quantitative estimate of drug-likeness (QED) is 0.304. The Morgan fingerprint density at radius 1 is 1.09 bits per heavy atom. The van der Waals surface area contributed by atoms with Gasteiger partial charge in [0.1, 0.15) is 6.61 Å². The summed E-state index contributed by atoms with van der Waals surface area (Å²) in [6, 6.07) is 0. The lowest BCUT2D eigenvalue weighted by atomic mass is 10.0. The molecule has 23 heavy (non-hydrogen) atoms. The van der Waals surface area contributed by atoms with E-state index in [1.165, 1.54) is 13.8 Å². The largest absolute Gasteiger partial charge is 0.459 e. The molecule has 0 aromatic rings. The SMILES string of the molecule is C=C(C)C(=O)OCC(OC(OC)C(C)C)(C(F)(F)F)C(F)(F)F. The maximum Gasteiger partial charge on any atom is 0.430 e. The molecule has 10 heteroatoms. The van der Waals surface area contributed by atoms with Gasteiger partial charge in [-0.2, -0.15) is 26.3 Å². The molecule has 4 nitrogen and oxygen atoms in total. The van der Waals surface area contributed by atoms with Gasteiger partial charge >= 0.3 is 18.3 Å². The third-order valence-electron chi connectivity index (χ3n) is 2.76. The minimum atomic E-state index is -5.90. The zero-order valence-electron chi connectivity index (χ0n) is 13.0. The molecule has 136 valence electrons. The van der Waals surface area contributed by atoms with Crippen LogP contribution in [-0.2, 0) is 19.0 Å². The summed E-state index contributed by atoms with van der Waals surface area (Å²) in [5.41, 5.74) is -5.06. The number of ether oxygens (including phenoxy) is 3. The smallest absolute Gasteiger partial charge is 0.430 e. The van der Waals surface area contributed by atoms with E-state index in [1.54, 1.807) is 0 Å². The van der Waals surface area contributed by atoms with Crippen LogP contribution in [0.3, 0.4) is 0 Å². The second-order valence-electron chi connectivity index (χ2n) is 5.14. The van der Waals surface area contributed by atoms with E-state index in [1.807, 2.05) is 0 Å². The van der Waals surface area contributed by atoms with Crippen molar-refractivity contribution in [3.8, 4) is 0 Å². The van der Waals surface area contributed by atoms with Crippen molar-refractivity contribution in [1.82, 2.24) is 0 Å². The molecular formula is C13H18F6O4. The van der Waals surface area contributed by atoms with Crippen molar-refractivity contribution in [2.45, 2.75) is 45.0 Å². The summed E-state index contributed by atoms with van der Waals surface area (Å²) in [6.45, 7) is 4.69. The maximum absolute atomic E-state index is 13.2. The number of rotatable bonds is 7. The molecule has 0 aromatic carbocycles. The number of alkyl halides is 6. The number of halogens is 6. The number of esters is 1. The Bertz CT molecular complexity index is 413. The van der Waals surface area contributed by atoms with E-state index in [2.05, 4.69) is 20.8 Å². The second-order valence-corrected chi connectivity index (χ2v) is 5.14. The number of carbonyl (C=O) groups excluding carboxylic acids is 1. The molecule has 0 rings (SSSR count). The Balaban J connectivity index is 5.81. The molecule has 0 spiro atoms. The molecule has 0 radical (unpaired) electrons. The summed E-state index contributed by atoms with van der Waals surface area (Å²) in [7, 11) is 0.905. The maximum atomic E-state index is 13.2. The molecule has 0 saturated heterocycles. The number of hydrogen-bond acceptors (Lipinski definition) is 4. The highest BCUT2D eigenvalue weighted by Gasteiger charge is 2.74. The van der Waals surface area contributed by atoms with Gasteiger partial charge in [0.15, 0.2) is 6.29 Å². The van der Waals surface area contributed by atoms with Crippen molar-refractivity contribution in [3.63, 3.8) is 0 Å². The van der Waals surface area contributed by atoms with Crippen molar-refractivity contribution >= 4 is 5.97 Å². The van der Waals surface area contributed by atoms with Gasteiger partial charge in [-0.1, -0.05) is 20.4 Å². The fraction of sp³-hybridized carbons (Fsp3) is 0.769. The fourth-order valence-electron chi connectivity index (χ4n) is 1.44. The van der Waals surface area contributed by atoms with Gasteiger partial charge in [-0.15, -0.1) is 0 Å². The highest BCUT2D eigenvalue weighted by Crippen LogP contribution is 2.47. The van der Waals surface area contributed by atoms with Crippen LogP contribution >= 0.6 is 0 Å². The molecule has 0 aliphatic rings. The van der Waals surface area contributed by atoms with Crippen molar-refractivity contribution in [2.75, 3.05) is 13.7 Å². The molecule has 0 aliphatic heterocycles. The minimum absolute atomic E-state index is 0.351. The zero-order chi connectivity index (χ0) is 18.6. The molecule has 0 heterocycles. The van der Waals surface area contributed by atoms with Crippen LogP contribution in [0.1, 0.15) is 20.8 Å². The normalized spacial score (nSPS) is 14.7. The predicted octanol–water partition coefficient (Wildman–Crippen LogP) is 3.61. The lowest BCUT2D eigenvalue weighted by molar-refractivity contribution is -0.417.